The smallest absolute Gasteiger partial charge is 0.326 e. The number of benzene rings is 1. The standard InChI is InChI=1S/C12H10Cl2FNO3/c13-7-5-8(14)9(15)4-6(7)11(17)16-3-1-2-10(16)12(18)19/h4-5,10H,1-3H2,(H,18,19)/t10-/m0/s1. The molecule has 1 aromatic carbocycles. The zero-order valence-corrected chi connectivity index (χ0v) is 11.2. The maximum atomic E-state index is 13.4. The molecule has 7 heteroatoms. The molecule has 0 spiro atoms. The van der Waals surface area contributed by atoms with Crippen LogP contribution in [0.1, 0.15) is 23.2 Å². The van der Waals surface area contributed by atoms with Crippen LogP contribution in [-0.2, 0) is 4.79 Å². The Hall–Kier alpha value is -1.33. The van der Waals surface area contributed by atoms with Crippen LogP contribution in [0.5, 0.6) is 0 Å². The van der Waals surface area contributed by atoms with Crippen LogP contribution in [0.2, 0.25) is 10.0 Å². The van der Waals surface area contributed by atoms with Gasteiger partial charge in [0.1, 0.15) is 11.9 Å². The van der Waals surface area contributed by atoms with Gasteiger partial charge >= 0.3 is 5.97 Å². The summed E-state index contributed by atoms with van der Waals surface area (Å²) in [5.74, 6) is -2.43. The predicted molar refractivity (Wildman–Crippen MR) is 68.1 cm³/mol. The first-order valence-electron chi connectivity index (χ1n) is 5.60. The number of carbonyl (C=O) groups is 2. The fourth-order valence-electron chi connectivity index (χ4n) is 2.11. The summed E-state index contributed by atoms with van der Waals surface area (Å²) in [6.07, 6.45) is 0.977. The molecule has 1 atom stereocenters. The van der Waals surface area contributed by atoms with Gasteiger partial charge in [0.25, 0.3) is 5.91 Å². The van der Waals surface area contributed by atoms with Crippen LogP contribution >= 0.6 is 23.2 Å². The molecule has 0 bridgehead atoms. The molecule has 4 nitrogen and oxygen atoms in total. The number of carbonyl (C=O) groups excluding carboxylic acids is 1. The average Bonchev–Trinajstić information content (AvgIpc) is 2.82. The number of hydrogen-bond donors (Lipinski definition) is 1. The van der Waals surface area contributed by atoms with Gasteiger partial charge in [0.2, 0.25) is 0 Å². The number of nitrogens with zero attached hydrogens (tertiary/aromatic N) is 1. The van der Waals surface area contributed by atoms with Gasteiger partial charge in [-0.25, -0.2) is 9.18 Å². The molecule has 1 saturated heterocycles. The minimum atomic E-state index is -1.07. The van der Waals surface area contributed by atoms with Gasteiger partial charge in [0.15, 0.2) is 0 Å². The van der Waals surface area contributed by atoms with Crippen LogP contribution in [0.4, 0.5) is 4.39 Å². The van der Waals surface area contributed by atoms with E-state index < -0.39 is 23.7 Å². The summed E-state index contributed by atoms with van der Waals surface area (Å²) in [6, 6.07) is 1.18. The lowest BCUT2D eigenvalue weighted by molar-refractivity contribution is -0.141. The van der Waals surface area contributed by atoms with Crippen molar-refractivity contribution in [3.8, 4) is 0 Å². The van der Waals surface area contributed by atoms with Crippen molar-refractivity contribution >= 4 is 35.1 Å². The van der Waals surface area contributed by atoms with Crippen LogP contribution in [0, 0.1) is 5.82 Å². The number of aliphatic carboxylic acids is 1. The van der Waals surface area contributed by atoms with E-state index >= 15 is 0 Å². The molecule has 1 heterocycles. The van der Waals surface area contributed by atoms with Gasteiger partial charge in [-0.3, -0.25) is 4.79 Å². The van der Waals surface area contributed by atoms with Gasteiger partial charge in [-0.15, -0.1) is 0 Å². The molecule has 0 aliphatic carbocycles. The van der Waals surface area contributed by atoms with E-state index in [-0.39, 0.29) is 15.6 Å². The largest absolute Gasteiger partial charge is 0.480 e. The lowest BCUT2D eigenvalue weighted by atomic mass is 10.1. The van der Waals surface area contributed by atoms with Crippen molar-refractivity contribution in [2.75, 3.05) is 6.54 Å². The summed E-state index contributed by atoms with van der Waals surface area (Å²) in [5, 5.41) is 8.85. The van der Waals surface area contributed by atoms with Gasteiger partial charge < -0.3 is 10.0 Å². The fourth-order valence-corrected chi connectivity index (χ4v) is 2.57. The van der Waals surface area contributed by atoms with Crippen LogP contribution in [0.15, 0.2) is 12.1 Å². The van der Waals surface area contributed by atoms with E-state index in [0.717, 1.165) is 12.1 Å². The van der Waals surface area contributed by atoms with Gasteiger partial charge in [-0.1, -0.05) is 23.2 Å². The summed E-state index contributed by atoms with van der Waals surface area (Å²) in [7, 11) is 0. The Balaban J connectivity index is 2.34. The van der Waals surface area contributed by atoms with Gasteiger partial charge in [0, 0.05) is 6.54 Å². The third-order valence-corrected chi connectivity index (χ3v) is 3.64. The van der Waals surface area contributed by atoms with E-state index in [2.05, 4.69) is 0 Å². The van der Waals surface area contributed by atoms with Crippen molar-refractivity contribution in [3.63, 3.8) is 0 Å². The van der Waals surface area contributed by atoms with E-state index in [1.54, 1.807) is 0 Å². The number of halogens is 3. The minimum Gasteiger partial charge on any atom is -0.480 e. The first kappa shape index (κ1) is 14.1. The number of rotatable bonds is 2. The van der Waals surface area contributed by atoms with Crippen molar-refractivity contribution in [1.82, 2.24) is 4.90 Å². The Kier molecular flexibility index (Phi) is 3.96. The molecule has 0 radical (unpaired) electrons. The molecular formula is C12H10Cl2FNO3. The van der Waals surface area contributed by atoms with E-state index in [1.165, 1.54) is 4.90 Å². The summed E-state index contributed by atoms with van der Waals surface area (Å²) in [4.78, 5) is 24.4. The van der Waals surface area contributed by atoms with Crippen LogP contribution < -0.4 is 0 Å². The number of carboxylic acids is 1. The predicted octanol–water partition coefficient (Wildman–Crippen LogP) is 2.82. The highest BCUT2D eigenvalue weighted by Gasteiger charge is 2.35. The zero-order chi connectivity index (χ0) is 14.2. The van der Waals surface area contributed by atoms with Gasteiger partial charge in [0.05, 0.1) is 15.6 Å². The summed E-state index contributed by atoms with van der Waals surface area (Å²) in [5.41, 5.74) is -0.0725. The first-order valence-corrected chi connectivity index (χ1v) is 6.35. The monoisotopic (exact) mass is 305 g/mol. The second kappa shape index (κ2) is 5.35. The number of hydrogen-bond acceptors (Lipinski definition) is 2. The Labute approximate surface area is 118 Å². The van der Waals surface area contributed by atoms with Crippen LogP contribution in [0.3, 0.4) is 0 Å². The Morgan fingerprint density at radius 3 is 2.63 bits per heavy atom. The molecule has 1 aliphatic rings. The first-order chi connectivity index (χ1) is 8.91. The van der Waals surface area contributed by atoms with Crippen molar-refractivity contribution in [3.05, 3.63) is 33.6 Å². The Morgan fingerprint density at radius 2 is 2.00 bits per heavy atom. The minimum absolute atomic E-state index is 0.00689. The molecule has 1 aliphatic heterocycles. The van der Waals surface area contributed by atoms with Crippen molar-refractivity contribution in [2.24, 2.45) is 0 Å². The molecular weight excluding hydrogens is 296 g/mol. The quantitative estimate of drug-likeness (QED) is 0.855. The van der Waals surface area contributed by atoms with E-state index in [4.69, 9.17) is 28.3 Å². The summed E-state index contributed by atoms with van der Waals surface area (Å²) >= 11 is 11.4. The van der Waals surface area contributed by atoms with E-state index in [1.807, 2.05) is 0 Å². The topological polar surface area (TPSA) is 57.6 Å². The lowest BCUT2D eigenvalue weighted by Crippen LogP contribution is -2.40. The summed E-state index contributed by atoms with van der Waals surface area (Å²) in [6.45, 7) is 0.316. The highest BCUT2D eigenvalue weighted by atomic mass is 35.5. The SMILES string of the molecule is O=C(O)[C@@H]1CCCN1C(=O)c1cc(F)c(Cl)cc1Cl. The highest BCUT2D eigenvalue weighted by Crippen LogP contribution is 2.28. The molecule has 1 aromatic rings. The van der Waals surface area contributed by atoms with Crippen molar-refractivity contribution in [2.45, 2.75) is 18.9 Å². The van der Waals surface area contributed by atoms with Crippen molar-refractivity contribution in [1.29, 1.82) is 0 Å². The molecule has 2 rings (SSSR count). The lowest BCUT2D eigenvalue weighted by Gasteiger charge is -2.22. The van der Waals surface area contributed by atoms with Crippen LogP contribution in [-0.4, -0.2) is 34.5 Å². The molecule has 19 heavy (non-hydrogen) atoms. The molecule has 0 unspecified atom stereocenters. The van der Waals surface area contributed by atoms with Crippen molar-refractivity contribution < 1.29 is 19.1 Å². The molecule has 1 amide bonds. The number of amides is 1. The van der Waals surface area contributed by atoms with Gasteiger partial charge in [-0.05, 0) is 25.0 Å². The normalized spacial score (nSPS) is 18.7. The van der Waals surface area contributed by atoms with Gasteiger partial charge in [-0.2, -0.15) is 0 Å². The van der Waals surface area contributed by atoms with E-state index in [0.29, 0.717) is 19.4 Å². The maximum Gasteiger partial charge on any atom is 0.326 e. The number of carboxylic acid groups (broad SMARTS) is 1. The maximum absolute atomic E-state index is 13.4. The Morgan fingerprint density at radius 1 is 1.32 bits per heavy atom. The third-order valence-electron chi connectivity index (χ3n) is 3.04. The second-order valence-corrected chi connectivity index (χ2v) is 5.06. The fraction of sp³-hybridized carbons (Fsp3) is 0.333. The van der Waals surface area contributed by atoms with E-state index in [9.17, 15) is 14.0 Å². The highest BCUT2D eigenvalue weighted by molar-refractivity contribution is 6.36. The second-order valence-electron chi connectivity index (χ2n) is 4.24. The van der Waals surface area contributed by atoms with Crippen LogP contribution in [0.25, 0.3) is 0 Å². The molecule has 102 valence electrons. The molecule has 1 fully saturated rings. The Bertz CT molecular complexity index is 550. The average molecular weight is 306 g/mol. The number of likely N-dealkylation sites (tertiary alicyclic amines) is 1. The molecule has 0 aromatic heterocycles. The molecule has 1 N–H and O–H groups in total. The third kappa shape index (κ3) is 2.67. The zero-order valence-electron chi connectivity index (χ0n) is 9.70. The summed E-state index contributed by atoms with van der Waals surface area (Å²) < 4.78 is 13.4. The molecule has 0 saturated carbocycles.